The molecule has 168 valence electrons. The molecule has 0 saturated carbocycles. The zero-order valence-corrected chi connectivity index (χ0v) is 18.1. The molecule has 0 amide bonds. The molecule has 0 aromatic heterocycles. The lowest BCUT2D eigenvalue weighted by Gasteiger charge is -2.08. The minimum Gasteiger partial charge on any atom is -0.225 e. The van der Waals surface area contributed by atoms with E-state index in [9.17, 15) is 30.0 Å². The van der Waals surface area contributed by atoms with Crippen LogP contribution in [0.2, 0.25) is 0 Å². The molecule has 10 heteroatoms. The van der Waals surface area contributed by atoms with Gasteiger partial charge < -0.3 is 0 Å². The van der Waals surface area contributed by atoms with Crippen LogP contribution in [0.3, 0.4) is 0 Å². The van der Waals surface area contributed by atoms with E-state index in [1.54, 1.807) is 24.3 Å². The van der Waals surface area contributed by atoms with Crippen molar-refractivity contribution in [2.24, 2.45) is 5.14 Å². The molecule has 3 aromatic carbocycles. The van der Waals surface area contributed by atoms with Gasteiger partial charge in [0.05, 0.1) is 16.2 Å². The van der Waals surface area contributed by atoms with E-state index in [1.165, 1.54) is 42.5 Å². The van der Waals surface area contributed by atoms with E-state index in [-0.39, 0.29) is 10.5 Å². The first kappa shape index (κ1) is 23.7. The lowest BCUT2D eigenvalue weighted by Crippen LogP contribution is -2.15. The summed E-state index contributed by atoms with van der Waals surface area (Å²) in [7, 11) is -7.87. The average Bonchev–Trinajstić information content (AvgIpc) is 2.71. The van der Waals surface area contributed by atoms with Gasteiger partial charge >= 0.3 is 6.18 Å². The van der Waals surface area contributed by atoms with Crippen LogP contribution >= 0.6 is 0 Å². The quantitative estimate of drug-likeness (QED) is 0.557. The summed E-state index contributed by atoms with van der Waals surface area (Å²) >= 11 is 0. The summed E-state index contributed by atoms with van der Waals surface area (Å²) in [5.41, 5.74) is 1.12. The zero-order valence-electron chi connectivity index (χ0n) is 16.5. The van der Waals surface area contributed by atoms with E-state index in [1.807, 2.05) is 0 Å². The molecule has 0 aliphatic carbocycles. The zero-order chi connectivity index (χ0) is 23.6. The van der Waals surface area contributed by atoms with E-state index >= 15 is 0 Å². The number of halogens is 3. The molecule has 2 N–H and O–H groups in total. The molecule has 0 atom stereocenters. The molecule has 32 heavy (non-hydrogen) atoms. The number of alkyl halides is 3. The molecule has 0 heterocycles. The summed E-state index contributed by atoms with van der Waals surface area (Å²) < 4.78 is 86.2. The number of nitrogens with two attached hydrogens (primary N) is 1. The Balaban J connectivity index is 1.76. The lowest BCUT2D eigenvalue weighted by atomic mass is 10.0. The van der Waals surface area contributed by atoms with Crippen LogP contribution in [0.4, 0.5) is 13.2 Å². The summed E-state index contributed by atoms with van der Waals surface area (Å²) in [5.74, 6) is -0.542. The van der Waals surface area contributed by atoms with Crippen molar-refractivity contribution < 1.29 is 30.0 Å². The van der Waals surface area contributed by atoms with Gasteiger partial charge in [-0.15, -0.1) is 0 Å². The lowest BCUT2D eigenvalue weighted by molar-refractivity contribution is -0.137. The SMILES string of the molecule is NS(=O)(=O)c1ccccc1CS(=O)(=O)/C=C/c1ccc(-c2ccc(C(F)(F)F)cc2)cc1. The normalized spacial score (nSPS) is 12.9. The van der Waals surface area contributed by atoms with Gasteiger partial charge in [0.2, 0.25) is 10.0 Å². The molecule has 0 unspecified atom stereocenters. The summed E-state index contributed by atoms with van der Waals surface area (Å²) in [6, 6.07) is 16.9. The highest BCUT2D eigenvalue weighted by molar-refractivity contribution is 7.93. The molecule has 3 rings (SSSR count). The predicted octanol–water partition coefficient (Wildman–Crippen LogP) is 4.61. The smallest absolute Gasteiger partial charge is 0.225 e. The second-order valence-electron chi connectivity index (χ2n) is 6.96. The van der Waals surface area contributed by atoms with Crippen LogP contribution in [0, 0.1) is 0 Å². The number of sulfonamides is 1. The van der Waals surface area contributed by atoms with E-state index in [4.69, 9.17) is 5.14 Å². The summed E-state index contributed by atoms with van der Waals surface area (Å²) in [6.07, 6.45) is -3.06. The fourth-order valence-corrected chi connectivity index (χ4v) is 5.00. The van der Waals surface area contributed by atoms with Gasteiger partial charge in [0.25, 0.3) is 0 Å². The first-order chi connectivity index (χ1) is 14.9. The van der Waals surface area contributed by atoms with Crippen LogP contribution in [0.5, 0.6) is 0 Å². The highest BCUT2D eigenvalue weighted by Crippen LogP contribution is 2.31. The van der Waals surface area contributed by atoms with E-state index in [2.05, 4.69) is 0 Å². The first-order valence-corrected chi connectivity index (χ1v) is 12.4. The molecular weight excluding hydrogens is 463 g/mol. The van der Waals surface area contributed by atoms with E-state index in [0.717, 1.165) is 17.5 Å². The largest absolute Gasteiger partial charge is 0.416 e. The van der Waals surface area contributed by atoms with Crippen molar-refractivity contribution in [2.45, 2.75) is 16.8 Å². The minimum absolute atomic E-state index is 0.0669. The Morgan fingerprint density at radius 3 is 1.84 bits per heavy atom. The van der Waals surface area contributed by atoms with Crippen molar-refractivity contribution in [3.8, 4) is 11.1 Å². The highest BCUT2D eigenvalue weighted by Gasteiger charge is 2.29. The van der Waals surface area contributed by atoms with Crippen LogP contribution in [0.25, 0.3) is 17.2 Å². The number of sulfone groups is 1. The van der Waals surface area contributed by atoms with Crippen molar-refractivity contribution in [1.29, 1.82) is 0 Å². The molecule has 0 aliphatic heterocycles. The van der Waals surface area contributed by atoms with Crippen LogP contribution < -0.4 is 5.14 Å². The van der Waals surface area contributed by atoms with Crippen molar-refractivity contribution >= 4 is 25.9 Å². The molecule has 5 nitrogen and oxygen atoms in total. The first-order valence-electron chi connectivity index (χ1n) is 9.14. The second-order valence-corrected chi connectivity index (χ2v) is 10.4. The number of hydrogen-bond acceptors (Lipinski definition) is 4. The number of hydrogen-bond donors (Lipinski definition) is 1. The van der Waals surface area contributed by atoms with Crippen molar-refractivity contribution in [3.63, 3.8) is 0 Å². The Bertz CT molecular complexity index is 1350. The third-order valence-corrected chi connectivity index (χ3v) is 6.84. The topological polar surface area (TPSA) is 94.3 Å². The molecule has 0 spiro atoms. The molecule has 0 radical (unpaired) electrons. The van der Waals surface area contributed by atoms with Crippen LogP contribution in [-0.2, 0) is 31.8 Å². The van der Waals surface area contributed by atoms with Crippen molar-refractivity contribution in [3.05, 3.63) is 94.9 Å². The number of rotatable bonds is 6. The van der Waals surface area contributed by atoms with Gasteiger partial charge in [-0.3, -0.25) is 0 Å². The van der Waals surface area contributed by atoms with Crippen molar-refractivity contribution in [1.82, 2.24) is 0 Å². The number of primary sulfonamides is 1. The highest BCUT2D eigenvalue weighted by atomic mass is 32.2. The van der Waals surface area contributed by atoms with Crippen LogP contribution in [-0.4, -0.2) is 16.8 Å². The number of benzene rings is 3. The molecule has 0 fully saturated rings. The molecule has 0 bridgehead atoms. The Labute approximate surface area is 184 Å². The van der Waals surface area contributed by atoms with Gasteiger partial charge in [0, 0.05) is 5.41 Å². The summed E-state index contributed by atoms with van der Waals surface area (Å²) in [5, 5.41) is 6.11. The summed E-state index contributed by atoms with van der Waals surface area (Å²) in [6.45, 7) is 0. The average molecular weight is 482 g/mol. The van der Waals surface area contributed by atoms with Crippen LogP contribution in [0.15, 0.2) is 83.1 Å². The fourth-order valence-electron chi connectivity index (χ4n) is 2.99. The van der Waals surface area contributed by atoms with E-state index < -0.39 is 37.4 Å². The Morgan fingerprint density at radius 1 is 0.781 bits per heavy atom. The minimum atomic E-state index is -4.41. The predicted molar refractivity (Wildman–Crippen MR) is 116 cm³/mol. The third-order valence-electron chi connectivity index (χ3n) is 4.56. The maximum atomic E-state index is 12.7. The third kappa shape index (κ3) is 6.06. The van der Waals surface area contributed by atoms with Gasteiger partial charge in [-0.2, -0.15) is 13.2 Å². The van der Waals surface area contributed by atoms with Crippen molar-refractivity contribution in [2.75, 3.05) is 0 Å². The summed E-state index contributed by atoms with van der Waals surface area (Å²) in [4.78, 5) is -0.252. The Morgan fingerprint density at radius 2 is 1.31 bits per heavy atom. The molecule has 0 saturated heterocycles. The van der Waals surface area contributed by atoms with Gasteiger partial charge in [0.1, 0.15) is 0 Å². The Kier molecular flexibility index (Phi) is 6.59. The second kappa shape index (κ2) is 8.89. The molecule has 0 aliphatic rings. The van der Waals surface area contributed by atoms with E-state index in [0.29, 0.717) is 16.7 Å². The maximum absolute atomic E-state index is 12.7. The standard InChI is InChI=1S/C22H18F3NO4S2/c23-22(24,25)20-11-9-18(10-12-20)17-7-5-16(6-8-17)13-14-31(27,28)15-19-3-1-2-4-21(19)32(26,29)30/h1-14H,15H2,(H2,26,29,30)/b14-13+. The Hall–Kier alpha value is -2.95. The van der Waals surface area contributed by atoms with Gasteiger partial charge in [-0.1, -0.05) is 54.6 Å². The van der Waals surface area contributed by atoms with Gasteiger partial charge in [0.15, 0.2) is 9.84 Å². The van der Waals surface area contributed by atoms with Crippen LogP contribution in [0.1, 0.15) is 16.7 Å². The van der Waals surface area contributed by atoms with Gasteiger partial charge in [-0.05, 0) is 46.5 Å². The fraction of sp³-hybridized carbons (Fsp3) is 0.0909. The molecular formula is C22H18F3NO4S2. The van der Waals surface area contributed by atoms with Gasteiger partial charge in [-0.25, -0.2) is 22.0 Å². The monoisotopic (exact) mass is 481 g/mol. The molecule has 3 aromatic rings. The maximum Gasteiger partial charge on any atom is 0.416 e.